The number of nitrogens with zero attached hydrogens (tertiary/aromatic N) is 3. The molecule has 1 saturated carbocycles. The summed E-state index contributed by atoms with van der Waals surface area (Å²) in [6, 6.07) is 14.4. The van der Waals surface area contributed by atoms with Crippen LogP contribution in [0.3, 0.4) is 0 Å². The summed E-state index contributed by atoms with van der Waals surface area (Å²) in [7, 11) is 0. The van der Waals surface area contributed by atoms with E-state index < -0.39 is 11.7 Å². The molecule has 1 aromatic carbocycles. The number of amides is 2. The van der Waals surface area contributed by atoms with Crippen LogP contribution in [-0.2, 0) is 12.6 Å². The van der Waals surface area contributed by atoms with Crippen LogP contribution in [0.25, 0.3) is 11.3 Å². The standard InChI is InChI=1S/C25H23F3N4O/c26-25(27,28)17-6-3-5-16(15-17)21-11-9-20-19-10-12-22(19)32(23(20)31-21)24(33)30-14-4-8-18-7-1-2-13-29-18/h1-3,5-7,9,11,13,15,19,22H,4,8,10,12,14H2,(H,30,33). The van der Waals surface area contributed by atoms with Gasteiger partial charge < -0.3 is 5.32 Å². The van der Waals surface area contributed by atoms with Gasteiger partial charge in [0.05, 0.1) is 11.3 Å². The lowest BCUT2D eigenvalue weighted by Crippen LogP contribution is -2.49. The van der Waals surface area contributed by atoms with Gasteiger partial charge in [-0.15, -0.1) is 0 Å². The number of hydrogen-bond donors (Lipinski definition) is 1. The first kappa shape index (κ1) is 21.4. The van der Waals surface area contributed by atoms with Crippen LogP contribution in [0, 0.1) is 0 Å². The minimum Gasteiger partial charge on any atom is -0.338 e. The Morgan fingerprint density at radius 1 is 1.09 bits per heavy atom. The van der Waals surface area contributed by atoms with Gasteiger partial charge in [0.2, 0.25) is 0 Å². The SMILES string of the molecule is O=C(NCCCc1ccccn1)N1c2nc(-c3cccc(C(F)(F)F)c3)ccc2C2CCC21. The normalized spacial score (nSPS) is 18.9. The van der Waals surface area contributed by atoms with Crippen molar-refractivity contribution in [3.8, 4) is 11.3 Å². The molecule has 5 rings (SSSR count). The maximum absolute atomic E-state index is 13.2. The number of rotatable bonds is 5. The number of aromatic nitrogens is 2. The van der Waals surface area contributed by atoms with E-state index in [4.69, 9.17) is 0 Å². The average molecular weight is 452 g/mol. The average Bonchev–Trinajstić information content (AvgIpc) is 3.02. The summed E-state index contributed by atoms with van der Waals surface area (Å²) in [5.74, 6) is 0.793. The molecule has 0 bridgehead atoms. The topological polar surface area (TPSA) is 58.1 Å². The Labute approximate surface area is 189 Å². The molecule has 2 aliphatic rings. The fourth-order valence-electron chi connectivity index (χ4n) is 4.61. The van der Waals surface area contributed by atoms with Crippen LogP contribution in [-0.4, -0.2) is 28.6 Å². The summed E-state index contributed by atoms with van der Waals surface area (Å²) in [5.41, 5.74) is 2.05. The van der Waals surface area contributed by atoms with Gasteiger partial charge in [0.15, 0.2) is 0 Å². The molecule has 1 aliphatic carbocycles. The third-order valence-corrected chi connectivity index (χ3v) is 6.42. The third kappa shape index (κ3) is 4.17. The van der Waals surface area contributed by atoms with Crippen molar-refractivity contribution in [3.05, 3.63) is 77.6 Å². The van der Waals surface area contributed by atoms with E-state index >= 15 is 0 Å². The summed E-state index contributed by atoms with van der Waals surface area (Å²) in [4.78, 5) is 23.7. The molecule has 3 heterocycles. The fraction of sp³-hybridized carbons (Fsp3) is 0.320. The van der Waals surface area contributed by atoms with Crippen molar-refractivity contribution in [2.24, 2.45) is 0 Å². The zero-order chi connectivity index (χ0) is 23.0. The van der Waals surface area contributed by atoms with E-state index in [0.717, 1.165) is 49.1 Å². The number of anilines is 1. The molecule has 0 saturated heterocycles. The molecule has 1 aliphatic heterocycles. The maximum atomic E-state index is 13.2. The Bertz CT molecular complexity index is 1170. The van der Waals surface area contributed by atoms with Crippen molar-refractivity contribution in [3.63, 3.8) is 0 Å². The summed E-state index contributed by atoms with van der Waals surface area (Å²) < 4.78 is 39.5. The number of pyridine rings is 2. The number of hydrogen-bond acceptors (Lipinski definition) is 3. The highest BCUT2D eigenvalue weighted by Crippen LogP contribution is 2.51. The Kier molecular flexibility index (Phi) is 5.52. The minimum absolute atomic E-state index is 0.0556. The third-order valence-electron chi connectivity index (χ3n) is 6.42. The lowest BCUT2D eigenvalue weighted by Gasteiger charge is -2.35. The van der Waals surface area contributed by atoms with E-state index in [1.54, 1.807) is 23.2 Å². The Morgan fingerprint density at radius 2 is 1.97 bits per heavy atom. The van der Waals surface area contributed by atoms with Gasteiger partial charge in [-0.2, -0.15) is 13.2 Å². The van der Waals surface area contributed by atoms with Crippen molar-refractivity contribution in [1.29, 1.82) is 0 Å². The summed E-state index contributed by atoms with van der Waals surface area (Å²) >= 11 is 0. The molecular formula is C25H23F3N4O. The van der Waals surface area contributed by atoms with Crippen LogP contribution in [0.15, 0.2) is 60.8 Å². The zero-order valence-corrected chi connectivity index (χ0v) is 17.8. The number of alkyl halides is 3. The molecular weight excluding hydrogens is 429 g/mol. The molecule has 2 aromatic heterocycles. The fourth-order valence-corrected chi connectivity index (χ4v) is 4.61. The van der Waals surface area contributed by atoms with Gasteiger partial charge in [0.25, 0.3) is 0 Å². The van der Waals surface area contributed by atoms with Crippen LogP contribution in [0.1, 0.15) is 42.0 Å². The minimum atomic E-state index is -4.42. The predicted octanol–water partition coefficient (Wildman–Crippen LogP) is 5.57. The Hall–Kier alpha value is -3.42. The first-order valence-corrected chi connectivity index (χ1v) is 11.1. The van der Waals surface area contributed by atoms with Crippen molar-refractivity contribution in [2.45, 2.75) is 43.8 Å². The predicted molar refractivity (Wildman–Crippen MR) is 119 cm³/mol. The number of carbonyl (C=O) groups is 1. The highest BCUT2D eigenvalue weighted by Gasteiger charge is 2.48. The quantitative estimate of drug-likeness (QED) is 0.515. The highest BCUT2D eigenvalue weighted by molar-refractivity contribution is 5.95. The lowest BCUT2D eigenvalue weighted by atomic mass is 9.78. The first-order valence-electron chi connectivity index (χ1n) is 11.1. The summed E-state index contributed by atoms with van der Waals surface area (Å²) in [5, 5.41) is 2.98. The second kappa shape index (κ2) is 8.50. The number of aryl methyl sites for hydroxylation is 1. The van der Waals surface area contributed by atoms with Gasteiger partial charge in [0.1, 0.15) is 5.82 Å². The smallest absolute Gasteiger partial charge is 0.338 e. The number of fused-ring (bicyclic) bond motifs is 3. The molecule has 3 aromatic rings. The van der Waals surface area contributed by atoms with Gasteiger partial charge in [-0.1, -0.05) is 24.3 Å². The van der Waals surface area contributed by atoms with Crippen molar-refractivity contribution >= 4 is 11.8 Å². The van der Waals surface area contributed by atoms with Crippen molar-refractivity contribution < 1.29 is 18.0 Å². The van der Waals surface area contributed by atoms with Crippen LogP contribution < -0.4 is 10.2 Å². The van der Waals surface area contributed by atoms with Crippen LogP contribution in [0.4, 0.5) is 23.8 Å². The number of halogens is 3. The highest BCUT2D eigenvalue weighted by atomic mass is 19.4. The molecule has 8 heteroatoms. The molecule has 2 amide bonds. The molecule has 2 unspecified atom stereocenters. The summed E-state index contributed by atoms with van der Waals surface area (Å²) in [6.45, 7) is 0.506. The Balaban J connectivity index is 1.33. The van der Waals surface area contributed by atoms with Crippen molar-refractivity contribution in [2.75, 3.05) is 11.4 Å². The maximum Gasteiger partial charge on any atom is 0.416 e. The second-order valence-electron chi connectivity index (χ2n) is 8.47. The van der Waals surface area contributed by atoms with E-state index in [1.165, 1.54) is 6.07 Å². The number of benzene rings is 1. The first-order chi connectivity index (χ1) is 15.9. The molecule has 1 fully saturated rings. The van der Waals surface area contributed by atoms with Gasteiger partial charge >= 0.3 is 12.2 Å². The van der Waals surface area contributed by atoms with Gasteiger partial charge in [-0.25, -0.2) is 9.78 Å². The van der Waals surface area contributed by atoms with Gasteiger partial charge in [0, 0.05) is 41.5 Å². The molecule has 1 N–H and O–H groups in total. The monoisotopic (exact) mass is 452 g/mol. The van der Waals surface area contributed by atoms with Crippen LogP contribution in [0.2, 0.25) is 0 Å². The van der Waals surface area contributed by atoms with Crippen molar-refractivity contribution in [1.82, 2.24) is 15.3 Å². The second-order valence-corrected chi connectivity index (χ2v) is 8.47. The van der Waals surface area contributed by atoms with E-state index in [2.05, 4.69) is 15.3 Å². The largest absolute Gasteiger partial charge is 0.416 e. The summed E-state index contributed by atoms with van der Waals surface area (Å²) in [6.07, 6.45) is 0.719. The zero-order valence-electron chi connectivity index (χ0n) is 17.8. The number of urea groups is 1. The lowest BCUT2D eigenvalue weighted by molar-refractivity contribution is -0.137. The van der Waals surface area contributed by atoms with Crippen LogP contribution >= 0.6 is 0 Å². The number of nitrogens with one attached hydrogen (secondary N) is 1. The molecule has 0 spiro atoms. The van der Waals surface area contributed by atoms with Gasteiger partial charge in [-0.3, -0.25) is 9.88 Å². The molecule has 5 nitrogen and oxygen atoms in total. The molecule has 170 valence electrons. The number of carbonyl (C=O) groups excluding carboxylic acids is 1. The molecule has 2 atom stereocenters. The molecule has 0 radical (unpaired) electrons. The van der Waals surface area contributed by atoms with E-state index in [1.807, 2.05) is 24.3 Å². The Morgan fingerprint density at radius 3 is 2.70 bits per heavy atom. The van der Waals surface area contributed by atoms with E-state index in [9.17, 15) is 18.0 Å². The van der Waals surface area contributed by atoms with E-state index in [0.29, 0.717) is 23.6 Å². The van der Waals surface area contributed by atoms with Gasteiger partial charge in [-0.05, 0) is 56.0 Å². The molecule has 33 heavy (non-hydrogen) atoms. The van der Waals surface area contributed by atoms with E-state index in [-0.39, 0.29) is 18.0 Å². The van der Waals surface area contributed by atoms with Crippen LogP contribution in [0.5, 0.6) is 0 Å².